The van der Waals surface area contributed by atoms with Crippen LogP contribution in [-0.4, -0.2) is 124 Å². The molecule has 5 N–H and O–H groups in total. The van der Waals surface area contributed by atoms with Gasteiger partial charge >= 0.3 is 0 Å². The Labute approximate surface area is 417 Å². The molecule has 2 fully saturated rings. The molecule has 0 radical (unpaired) electrons. The van der Waals surface area contributed by atoms with Crippen LogP contribution in [0.5, 0.6) is 0 Å². The summed E-state index contributed by atoms with van der Waals surface area (Å²) in [6.45, 7) is 19.2. The molecular formula is C52H64N12O6S. The fraction of sp³-hybridized carbons (Fsp3) is 0.423. The van der Waals surface area contributed by atoms with Gasteiger partial charge in [-0.1, -0.05) is 57.2 Å². The van der Waals surface area contributed by atoms with E-state index in [1.54, 1.807) is 54.1 Å². The van der Waals surface area contributed by atoms with E-state index < -0.39 is 29.2 Å². The van der Waals surface area contributed by atoms with Crippen molar-refractivity contribution in [1.82, 2.24) is 49.7 Å². The molecule has 6 aromatic rings. The van der Waals surface area contributed by atoms with Crippen LogP contribution in [0, 0.1) is 12.3 Å². The van der Waals surface area contributed by atoms with Crippen LogP contribution in [-0.2, 0) is 33.1 Å². The highest BCUT2D eigenvalue weighted by Gasteiger charge is 2.44. The summed E-state index contributed by atoms with van der Waals surface area (Å²) in [5.74, 6) is -0.238. The lowest BCUT2D eigenvalue weighted by Gasteiger charge is -2.36. The first kappa shape index (κ1) is 50.6. The van der Waals surface area contributed by atoms with Gasteiger partial charge in [0.15, 0.2) is 11.5 Å². The van der Waals surface area contributed by atoms with E-state index in [4.69, 9.17) is 4.98 Å². The molecule has 2 saturated heterocycles. The van der Waals surface area contributed by atoms with E-state index in [1.165, 1.54) is 15.8 Å². The third kappa shape index (κ3) is 11.7. The normalized spacial score (nSPS) is 17.1. The Hall–Kier alpha value is -6.80. The number of carbonyl (C=O) groups excluding carboxylic acids is 3. The lowest BCUT2D eigenvalue weighted by atomic mass is 9.85. The van der Waals surface area contributed by atoms with Gasteiger partial charge in [-0.05, 0) is 86.7 Å². The number of hydrogen-bond acceptors (Lipinski definition) is 14. The van der Waals surface area contributed by atoms with E-state index in [9.17, 15) is 29.4 Å². The highest BCUT2D eigenvalue weighted by atomic mass is 32.1. The zero-order chi connectivity index (χ0) is 50.6. The van der Waals surface area contributed by atoms with Crippen LogP contribution in [0.25, 0.3) is 27.3 Å². The zero-order valence-electron chi connectivity index (χ0n) is 41.3. The van der Waals surface area contributed by atoms with E-state index in [2.05, 4.69) is 47.3 Å². The molecule has 0 aliphatic carbocycles. The number of aliphatic hydroxyl groups is 2. The summed E-state index contributed by atoms with van der Waals surface area (Å²) in [6, 6.07) is 19.4. The number of allylic oxidation sites excluding steroid dienone is 1. The number of pyridine rings is 1. The van der Waals surface area contributed by atoms with Gasteiger partial charge < -0.3 is 36.0 Å². The van der Waals surface area contributed by atoms with E-state index in [1.807, 2.05) is 81.7 Å². The van der Waals surface area contributed by atoms with Crippen molar-refractivity contribution in [2.75, 3.05) is 49.5 Å². The van der Waals surface area contributed by atoms with Crippen LogP contribution in [0.15, 0.2) is 95.9 Å². The summed E-state index contributed by atoms with van der Waals surface area (Å²) in [5.41, 5.74) is 5.26. The maximum Gasteiger partial charge on any atom is 0.278 e. The summed E-state index contributed by atoms with van der Waals surface area (Å²) in [6.07, 6.45) is 3.25. The fourth-order valence-electron chi connectivity index (χ4n) is 9.08. The van der Waals surface area contributed by atoms with Crippen molar-refractivity contribution in [3.63, 3.8) is 0 Å². The van der Waals surface area contributed by atoms with Gasteiger partial charge in [-0.15, -0.1) is 17.9 Å². The third-order valence-electron chi connectivity index (χ3n) is 13.0. The number of aromatic nitrogens is 6. The maximum absolute atomic E-state index is 14.1. The molecule has 2 aromatic carbocycles. The molecule has 374 valence electrons. The molecule has 19 heteroatoms. The average molecular weight is 985 g/mol. The molecule has 0 saturated carbocycles. The van der Waals surface area contributed by atoms with E-state index in [0.29, 0.717) is 34.9 Å². The largest absolute Gasteiger partial charge is 0.391 e. The van der Waals surface area contributed by atoms with Gasteiger partial charge in [0, 0.05) is 69.7 Å². The molecule has 71 heavy (non-hydrogen) atoms. The third-order valence-corrected chi connectivity index (χ3v) is 14.0. The molecule has 6 heterocycles. The number of anilines is 3. The summed E-state index contributed by atoms with van der Waals surface area (Å²) in [4.78, 5) is 79.9. The molecule has 8 rings (SSSR count). The lowest BCUT2D eigenvalue weighted by Crippen LogP contribution is -2.57. The highest BCUT2D eigenvalue weighted by molar-refractivity contribution is 7.13. The summed E-state index contributed by atoms with van der Waals surface area (Å²) in [7, 11) is 0. The fourth-order valence-corrected chi connectivity index (χ4v) is 9.89. The molecule has 4 aromatic heterocycles. The highest BCUT2D eigenvalue weighted by Crippen LogP contribution is 2.29. The molecule has 0 unspecified atom stereocenters. The van der Waals surface area contributed by atoms with Gasteiger partial charge in [0.25, 0.3) is 5.56 Å². The van der Waals surface area contributed by atoms with Crippen molar-refractivity contribution in [3.8, 4) is 16.3 Å². The molecule has 0 spiro atoms. The van der Waals surface area contributed by atoms with Gasteiger partial charge in [0.05, 0.1) is 34.4 Å². The van der Waals surface area contributed by atoms with Crippen LogP contribution < -0.4 is 26.4 Å². The number of aryl methyl sites for hydroxylation is 1. The topological polar surface area (TPSA) is 216 Å². The Morgan fingerprint density at radius 2 is 1.69 bits per heavy atom. The molecule has 3 amide bonds. The molecule has 3 atom stereocenters. The number of aliphatic hydroxyl groups excluding tert-OH is 1. The summed E-state index contributed by atoms with van der Waals surface area (Å²) in [5, 5.41) is 30.8. The van der Waals surface area contributed by atoms with Crippen LogP contribution >= 0.6 is 11.3 Å². The SMILES string of the molecule is C=CCn1c(=O)c2cnc(Nc3ccc(N4CCN(CCCC(=O)N[C@H](C(=O)N5C[C@H](O)C[C@H]5C(=O)NCc5ccc(-c6scnc6C)cc5)C(C)(C)C)CC4)cc3)nc2n1-c1cccc(C(C)(C)O)n1. The Bertz CT molecular complexity index is 2930. The van der Waals surface area contributed by atoms with Gasteiger partial charge in [0.2, 0.25) is 23.7 Å². The number of β-amino-alcohol motifs (C(OH)–C–C–N with tert-alkyl or cyclic N) is 1. The Morgan fingerprint density at radius 1 is 0.958 bits per heavy atom. The minimum absolute atomic E-state index is 0.0134. The van der Waals surface area contributed by atoms with Crippen LogP contribution in [0.3, 0.4) is 0 Å². The van der Waals surface area contributed by atoms with Gasteiger partial charge in [-0.2, -0.15) is 4.98 Å². The summed E-state index contributed by atoms with van der Waals surface area (Å²) >= 11 is 1.58. The van der Waals surface area contributed by atoms with Crippen LogP contribution in [0.1, 0.15) is 70.8 Å². The molecule has 18 nitrogen and oxygen atoms in total. The maximum atomic E-state index is 14.1. The predicted molar refractivity (Wildman–Crippen MR) is 276 cm³/mol. The smallest absolute Gasteiger partial charge is 0.278 e. The predicted octanol–water partition coefficient (Wildman–Crippen LogP) is 5.28. The minimum atomic E-state index is -1.19. The van der Waals surface area contributed by atoms with Crippen LogP contribution in [0.2, 0.25) is 0 Å². The number of hydrogen-bond donors (Lipinski definition) is 5. The quantitative estimate of drug-likeness (QED) is 0.0737. The van der Waals surface area contributed by atoms with Gasteiger partial charge in [-0.25, -0.2) is 24.3 Å². The van der Waals surface area contributed by atoms with E-state index in [0.717, 1.165) is 65.8 Å². The van der Waals surface area contributed by atoms with Gasteiger partial charge in [0.1, 0.15) is 23.1 Å². The first-order valence-electron chi connectivity index (χ1n) is 24.1. The van der Waals surface area contributed by atoms with Crippen LogP contribution in [0.4, 0.5) is 17.3 Å². The minimum Gasteiger partial charge on any atom is -0.391 e. The van der Waals surface area contributed by atoms with Crippen molar-refractivity contribution in [2.45, 2.75) is 97.7 Å². The number of rotatable bonds is 17. The number of carbonyl (C=O) groups is 3. The molecular weight excluding hydrogens is 921 g/mol. The number of piperazine rings is 1. The average Bonchev–Trinajstić information content (AvgIpc) is 4.04. The van der Waals surface area contributed by atoms with Gasteiger partial charge in [-0.3, -0.25) is 24.1 Å². The number of likely N-dealkylation sites (tertiary alicyclic amines) is 1. The number of amides is 3. The number of benzene rings is 2. The summed E-state index contributed by atoms with van der Waals surface area (Å²) < 4.78 is 3.11. The molecule has 2 aliphatic rings. The lowest BCUT2D eigenvalue weighted by molar-refractivity contribution is -0.144. The molecule has 0 bridgehead atoms. The van der Waals surface area contributed by atoms with E-state index in [-0.39, 0.29) is 55.8 Å². The monoisotopic (exact) mass is 984 g/mol. The first-order valence-corrected chi connectivity index (χ1v) is 24.9. The van der Waals surface area contributed by atoms with Crippen molar-refractivity contribution >= 4 is 57.4 Å². The Balaban J connectivity index is 0.810. The number of nitrogens with one attached hydrogen (secondary N) is 3. The molecule has 2 aliphatic heterocycles. The Morgan fingerprint density at radius 3 is 2.35 bits per heavy atom. The zero-order valence-corrected chi connectivity index (χ0v) is 42.1. The second-order valence-corrected chi connectivity index (χ2v) is 20.8. The number of fused-ring (bicyclic) bond motifs is 1. The van der Waals surface area contributed by atoms with Crippen molar-refractivity contribution in [1.29, 1.82) is 0 Å². The van der Waals surface area contributed by atoms with E-state index >= 15 is 0 Å². The second kappa shape index (κ2) is 21.3. The first-order chi connectivity index (χ1) is 33.9. The van der Waals surface area contributed by atoms with Crippen molar-refractivity contribution in [2.24, 2.45) is 5.41 Å². The number of thiazole rings is 1. The standard InChI is InChI=1S/C52H64N12O6S/c1-8-22-63-48(68)39-30-54-50(59-46(39)64(63)42-12-9-11-41(57-42)52(6,7)70)56-36-18-20-37(21-19-36)61-26-24-60(25-27-61)23-10-13-43(66)58-45(51(3,4)5)49(69)62-31-38(65)28-40(62)47(67)53-29-34-14-16-35(17-15-34)44-33(2)55-32-71-44/h8-9,11-12,14-21,30,32,38,40,45,65,70H,1,10,13,22-29,31H2,2-7H3,(H,53,67)(H,58,66)(H,54,56,59)/t38-,40+,45-/m1/s1. The number of nitrogens with zero attached hydrogens (tertiary/aromatic N) is 9. The van der Waals surface area contributed by atoms with Crippen molar-refractivity contribution in [3.05, 3.63) is 118 Å². The van der Waals surface area contributed by atoms with Crippen molar-refractivity contribution < 1.29 is 24.6 Å². The Kier molecular flexibility index (Phi) is 15.2. The second-order valence-electron chi connectivity index (χ2n) is 19.9.